The van der Waals surface area contributed by atoms with Crippen LogP contribution < -0.4 is 10.9 Å². The Labute approximate surface area is 124 Å². The van der Waals surface area contributed by atoms with Gasteiger partial charge in [-0.1, -0.05) is 19.9 Å². The van der Waals surface area contributed by atoms with Gasteiger partial charge in [-0.25, -0.2) is 0 Å². The van der Waals surface area contributed by atoms with Crippen LogP contribution in [0.1, 0.15) is 38.4 Å². The second-order valence-corrected chi connectivity index (χ2v) is 5.98. The molecule has 21 heavy (non-hydrogen) atoms. The minimum Gasteiger partial charge on any atom is -0.344 e. The first-order valence-electron chi connectivity index (χ1n) is 7.41. The molecule has 0 bridgehead atoms. The number of aromatic nitrogens is 1. The minimum absolute atomic E-state index is 0.0154. The van der Waals surface area contributed by atoms with E-state index in [1.165, 1.54) is 17.6 Å². The zero-order chi connectivity index (χ0) is 15.6. The van der Waals surface area contributed by atoms with Crippen LogP contribution in [0.2, 0.25) is 0 Å². The number of nitrogens with zero attached hydrogens (tertiary/aromatic N) is 1. The van der Waals surface area contributed by atoms with Crippen molar-refractivity contribution in [1.82, 2.24) is 9.88 Å². The minimum atomic E-state index is -0.495. The number of aryl methyl sites for hydroxylation is 1. The molecule has 0 spiro atoms. The number of hydrogen-bond donors (Lipinski definition) is 1. The van der Waals surface area contributed by atoms with E-state index in [2.05, 4.69) is 5.32 Å². The van der Waals surface area contributed by atoms with Crippen LogP contribution in [0.15, 0.2) is 16.9 Å². The molecule has 5 nitrogen and oxygen atoms in total. The molecular formula is C16H22N2O3. The van der Waals surface area contributed by atoms with Crippen molar-refractivity contribution in [3.05, 3.63) is 33.7 Å². The SMILES string of the molecule is CC(=O)C(NC(=O)Cn1c2c(ccc1=O)CCC2)C(C)C. The third-order valence-corrected chi connectivity index (χ3v) is 3.97. The van der Waals surface area contributed by atoms with Crippen LogP contribution in [0.5, 0.6) is 0 Å². The number of carbonyl (C=O) groups excluding carboxylic acids is 2. The molecule has 0 fully saturated rings. The molecule has 1 aromatic rings. The highest BCUT2D eigenvalue weighted by Crippen LogP contribution is 2.19. The van der Waals surface area contributed by atoms with Crippen molar-refractivity contribution >= 4 is 11.7 Å². The standard InChI is InChI=1S/C16H22N2O3/c1-10(2)16(11(3)19)17-14(20)9-18-13-6-4-5-12(13)7-8-15(18)21/h7-8,10,16H,4-6,9H2,1-3H3,(H,17,20). The van der Waals surface area contributed by atoms with Crippen LogP contribution in [0.25, 0.3) is 0 Å². The second kappa shape index (κ2) is 6.24. The van der Waals surface area contributed by atoms with Gasteiger partial charge in [0.05, 0.1) is 6.04 Å². The molecule has 1 heterocycles. The Hall–Kier alpha value is -1.91. The maximum Gasteiger partial charge on any atom is 0.251 e. The van der Waals surface area contributed by atoms with Gasteiger partial charge >= 0.3 is 0 Å². The molecule has 114 valence electrons. The molecule has 2 rings (SSSR count). The van der Waals surface area contributed by atoms with E-state index >= 15 is 0 Å². The van der Waals surface area contributed by atoms with Crippen LogP contribution in [0.3, 0.4) is 0 Å². The van der Waals surface area contributed by atoms with E-state index in [-0.39, 0.29) is 29.7 Å². The van der Waals surface area contributed by atoms with E-state index in [0.717, 1.165) is 30.5 Å². The number of rotatable bonds is 5. The first kappa shape index (κ1) is 15.5. The summed E-state index contributed by atoms with van der Waals surface area (Å²) in [5.74, 6) is -0.319. The number of ketones is 1. The molecule has 0 radical (unpaired) electrons. The van der Waals surface area contributed by atoms with Gasteiger partial charge in [-0.2, -0.15) is 0 Å². The number of pyridine rings is 1. The Morgan fingerprint density at radius 1 is 1.29 bits per heavy atom. The zero-order valence-electron chi connectivity index (χ0n) is 12.8. The van der Waals surface area contributed by atoms with Gasteiger partial charge in [0.25, 0.3) is 5.56 Å². The number of nitrogens with one attached hydrogen (secondary N) is 1. The Bertz CT molecular complexity index is 616. The van der Waals surface area contributed by atoms with Crippen molar-refractivity contribution in [3.63, 3.8) is 0 Å². The molecule has 5 heteroatoms. The molecule has 1 aromatic heterocycles. The second-order valence-electron chi connectivity index (χ2n) is 5.98. The van der Waals surface area contributed by atoms with E-state index in [1.807, 2.05) is 19.9 Å². The maximum atomic E-state index is 12.2. The van der Waals surface area contributed by atoms with E-state index in [0.29, 0.717) is 0 Å². The fourth-order valence-corrected chi connectivity index (χ4v) is 2.91. The summed E-state index contributed by atoms with van der Waals surface area (Å²) in [6, 6.07) is 2.87. The van der Waals surface area contributed by atoms with Crippen LogP contribution in [0.4, 0.5) is 0 Å². The smallest absolute Gasteiger partial charge is 0.251 e. The van der Waals surface area contributed by atoms with Gasteiger partial charge in [0.2, 0.25) is 5.91 Å². The highest BCUT2D eigenvalue weighted by atomic mass is 16.2. The summed E-state index contributed by atoms with van der Waals surface area (Å²) >= 11 is 0. The highest BCUT2D eigenvalue weighted by Gasteiger charge is 2.22. The molecule has 1 N–H and O–H groups in total. The van der Waals surface area contributed by atoms with Crippen molar-refractivity contribution in [2.75, 3.05) is 0 Å². The first-order chi connectivity index (χ1) is 9.90. The van der Waals surface area contributed by atoms with Gasteiger partial charge in [-0.15, -0.1) is 0 Å². The van der Waals surface area contributed by atoms with Crippen LogP contribution >= 0.6 is 0 Å². The molecule has 1 amide bonds. The monoisotopic (exact) mass is 290 g/mol. The van der Waals surface area contributed by atoms with Crippen molar-refractivity contribution in [1.29, 1.82) is 0 Å². The molecule has 0 saturated carbocycles. The van der Waals surface area contributed by atoms with Gasteiger partial charge < -0.3 is 9.88 Å². The molecule has 1 atom stereocenters. The van der Waals surface area contributed by atoms with Crippen molar-refractivity contribution in [2.45, 2.75) is 52.6 Å². The Morgan fingerprint density at radius 2 is 2.00 bits per heavy atom. The lowest BCUT2D eigenvalue weighted by Crippen LogP contribution is -2.45. The van der Waals surface area contributed by atoms with Crippen molar-refractivity contribution in [3.8, 4) is 0 Å². The average Bonchev–Trinajstić information content (AvgIpc) is 2.87. The van der Waals surface area contributed by atoms with Gasteiger partial charge in [0, 0.05) is 11.8 Å². The molecule has 0 saturated heterocycles. The predicted molar refractivity (Wildman–Crippen MR) is 80.2 cm³/mol. The molecular weight excluding hydrogens is 268 g/mol. The van der Waals surface area contributed by atoms with Crippen LogP contribution in [-0.4, -0.2) is 22.3 Å². The summed E-state index contributed by atoms with van der Waals surface area (Å²) in [4.78, 5) is 35.7. The van der Waals surface area contributed by atoms with Gasteiger partial charge in [0.15, 0.2) is 5.78 Å². The first-order valence-corrected chi connectivity index (χ1v) is 7.41. The fourth-order valence-electron chi connectivity index (χ4n) is 2.91. The van der Waals surface area contributed by atoms with Crippen LogP contribution in [-0.2, 0) is 29.0 Å². The van der Waals surface area contributed by atoms with E-state index in [4.69, 9.17) is 0 Å². The predicted octanol–water partition coefficient (Wildman–Crippen LogP) is 1.07. The highest BCUT2D eigenvalue weighted by molar-refractivity contribution is 5.87. The third kappa shape index (κ3) is 3.40. The van der Waals surface area contributed by atoms with E-state index in [9.17, 15) is 14.4 Å². The van der Waals surface area contributed by atoms with E-state index in [1.54, 1.807) is 0 Å². The molecule has 1 unspecified atom stereocenters. The summed E-state index contributed by atoms with van der Waals surface area (Å²) in [6.07, 6.45) is 2.81. The lowest BCUT2D eigenvalue weighted by atomic mass is 10.0. The fraction of sp³-hybridized carbons (Fsp3) is 0.562. The largest absolute Gasteiger partial charge is 0.344 e. The number of hydrogen-bond acceptors (Lipinski definition) is 3. The molecule has 0 aliphatic heterocycles. The maximum absolute atomic E-state index is 12.2. The summed E-state index contributed by atoms with van der Waals surface area (Å²) in [5.41, 5.74) is 1.95. The number of Topliss-reactive ketones (excluding diaryl/α,β-unsaturated/α-hetero) is 1. The normalized spacial score (nSPS) is 14.9. The number of carbonyl (C=O) groups is 2. The third-order valence-electron chi connectivity index (χ3n) is 3.97. The Kier molecular flexibility index (Phi) is 4.60. The topological polar surface area (TPSA) is 68.2 Å². The van der Waals surface area contributed by atoms with Gasteiger partial charge in [-0.3, -0.25) is 14.4 Å². The molecule has 0 aromatic carbocycles. The zero-order valence-corrected chi connectivity index (χ0v) is 12.8. The summed E-state index contributed by atoms with van der Waals surface area (Å²) in [5, 5.41) is 2.73. The summed E-state index contributed by atoms with van der Waals surface area (Å²) in [7, 11) is 0. The number of fused-ring (bicyclic) bond motifs is 1. The van der Waals surface area contributed by atoms with Crippen molar-refractivity contribution < 1.29 is 9.59 Å². The lowest BCUT2D eigenvalue weighted by molar-refractivity contribution is -0.128. The van der Waals surface area contributed by atoms with Crippen molar-refractivity contribution in [2.24, 2.45) is 5.92 Å². The Balaban J connectivity index is 2.16. The Morgan fingerprint density at radius 3 is 2.62 bits per heavy atom. The lowest BCUT2D eigenvalue weighted by Gasteiger charge is -2.20. The molecule has 1 aliphatic rings. The summed E-state index contributed by atoms with van der Waals surface area (Å²) in [6.45, 7) is 5.23. The average molecular weight is 290 g/mol. The summed E-state index contributed by atoms with van der Waals surface area (Å²) < 4.78 is 1.54. The van der Waals surface area contributed by atoms with Gasteiger partial charge in [0.1, 0.15) is 6.54 Å². The van der Waals surface area contributed by atoms with Crippen LogP contribution in [0, 0.1) is 5.92 Å². The van der Waals surface area contributed by atoms with E-state index < -0.39 is 6.04 Å². The quantitative estimate of drug-likeness (QED) is 0.882. The number of amides is 1. The molecule has 1 aliphatic carbocycles. The van der Waals surface area contributed by atoms with Gasteiger partial charge in [-0.05, 0) is 37.7 Å².